The fraction of sp³-hybridized carbons (Fsp3) is 0.200. The number of rotatable bonds is 3. The molecule has 0 aliphatic rings. The Labute approximate surface area is 87.4 Å². The van der Waals surface area contributed by atoms with Crippen LogP contribution in [0.25, 0.3) is 0 Å². The van der Waals surface area contributed by atoms with Crippen LogP contribution in [0.5, 0.6) is 5.75 Å². The Balaban J connectivity index is 2.90. The number of amides is 1. The van der Waals surface area contributed by atoms with Crippen molar-refractivity contribution in [2.45, 2.75) is 6.92 Å². The lowest BCUT2D eigenvalue weighted by Crippen LogP contribution is -2.13. The molecule has 1 aromatic rings. The third-order valence-electron chi connectivity index (χ3n) is 1.94. The largest absolute Gasteiger partial charge is 0.496 e. The summed E-state index contributed by atoms with van der Waals surface area (Å²) >= 11 is 0. The number of nitrogens with one attached hydrogen (secondary N) is 1. The van der Waals surface area contributed by atoms with E-state index in [4.69, 9.17) is 9.94 Å². The van der Waals surface area contributed by atoms with E-state index in [0.29, 0.717) is 11.4 Å². The van der Waals surface area contributed by atoms with Gasteiger partial charge in [0.1, 0.15) is 12.0 Å². The zero-order chi connectivity index (χ0) is 11.3. The van der Waals surface area contributed by atoms with Gasteiger partial charge in [0.15, 0.2) is 0 Å². The maximum Gasteiger partial charge on any atom is 0.270 e. The van der Waals surface area contributed by atoms with Crippen LogP contribution in [0.3, 0.4) is 0 Å². The molecule has 0 saturated heterocycles. The minimum absolute atomic E-state index is 0.492. The van der Waals surface area contributed by atoms with Crippen LogP contribution >= 0.6 is 0 Å². The van der Waals surface area contributed by atoms with E-state index in [9.17, 15) is 4.79 Å². The van der Waals surface area contributed by atoms with Gasteiger partial charge in [-0.1, -0.05) is 11.2 Å². The summed E-state index contributed by atoms with van der Waals surface area (Å²) in [5.74, 6) is 0.197. The highest BCUT2D eigenvalue weighted by molar-refractivity contribution is 6.31. The third kappa shape index (κ3) is 2.70. The molecule has 0 bridgehead atoms. The van der Waals surface area contributed by atoms with E-state index in [1.165, 1.54) is 0 Å². The van der Waals surface area contributed by atoms with Crippen molar-refractivity contribution in [3.8, 4) is 5.75 Å². The standard InChI is InChI=1S/C10H12N2O3/c1-7-8(12-10(13)6-11-14)4-3-5-9(7)15-2/h3-6,14H,1-2H3,(H,12,13). The molecule has 0 aliphatic carbocycles. The molecule has 15 heavy (non-hydrogen) atoms. The quantitative estimate of drug-likeness (QED) is 0.448. The summed E-state index contributed by atoms with van der Waals surface area (Å²) < 4.78 is 5.09. The molecule has 2 N–H and O–H groups in total. The molecule has 80 valence electrons. The van der Waals surface area contributed by atoms with Crippen molar-refractivity contribution in [1.29, 1.82) is 0 Å². The fourth-order valence-electron chi connectivity index (χ4n) is 1.19. The summed E-state index contributed by atoms with van der Waals surface area (Å²) in [5, 5.41) is 13.4. The molecule has 0 fully saturated rings. The number of carbonyl (C=O) groups is 1. The van der Waals surface area contributed by atoms with Gasteiger partial charge in [0.05, 0.1) is 7.11 Å². The maximum absolute atomic E-state index is 11.1. The van der Waals surface area contributed by atoms with Gasteiger partial charge in [-0.15, -0.1) is 0 Å². The second-order valence-corrected chi connectivity index (χ2v) is 2.87. The smallest absolute Gasteiger partial charge is 0.270 e. The third-order valence-corrected chi connectivity index (χ3v) is 1.94. The topological polar surface area (TPSA) is 70.9 Å². The van der Waals surface area contributed by atoms with Crippen LogP contribution in [0.2, 0.25) is 0 Å². The van der Waals surface area contributed by atoms with Crippen LogP contribution in [0.1, 0.15) is 5.56 Å². The molecule has 5 heteroatoms. The van der Waals surface area contributed by atoms with Gasteiger partial charge >= 0.3 is 0 Å². The zero-order valence-electron chi connectivity index (χ0n) is 8.52. The molecular weight excluding hydrogens is 196 g/mol. The molecule has 5 nitrogen and oxygen atoms in total. The number of benzene rings is 1. The van der Waals surface area contributed by atoms with Gasteiger partial charge in [0.25, 0.3) is 5.91 Å². The number of anilines is 1. The van der Waals surface area contributed by atoms with Crippen LogP contribution in [-0.4, -0.2) is 24.4 Å². The molecule has 1 rings (SSSR count). The zero-order valence-corrected chi connectivity index (χ0v) is 8.52. The van der Waals surface area contributed by atoms with Gasteiger partial charge < -0.3 is 15.3 Å². The summed E-state index contributed by atoms with van der Waals surface area (Å²) in [5.41, 5.74) is 1.44. The predicted octanol–water partition coefficient (Wildman–Crippen LogP) is 1.40. The summed E-state index contributed by atoms with van der Waals surface area (Å²) in [4.78, 5) is 11.1. The van der Waals surface area contributed by atoms with E-state index in [2.05, 4.69) is 10.5 Å². The van der Waals surface area contributed by atoms with E-state index in [1.807, 2.05) is 6.92 Å². The maximum atomic E-state index is 11.1. The molecular formula is C10H12N2O3. The molecule has 0 unspecified atom stereocenters. The van der Waals surface area contributed by atoms with Crippen LogP contribution < -0.4 is 10.1 Å². The molecule has 0 aromatic heterocycles. The lowest BCUT2D eigenvalue weighted by Gasteiger charge is -2.09. The summed E-state index contributed by atoms with van der Waals surface area (Å²) in [6, 6.07) is 5.30. The number of nitrogens with zero attached hydrogens (tertiary/aromatic N) is 1. The van der Waals surface area contributed by atoms with Gasteiger partial charge in [-0.3, -0.25) is 4.79 Å². The van der Waals surface area contributed by atoms with Crippen LogP contribution in [-0.2, 0) is 4.79 Å². The minimum Gasteiger partial charge on any atom is -0.496 e. The van der Waals surface area contributed by atoms with Gasteiger partial charge in [-0.25, -0.2) is 0 Å². The Morgan fingerprint density at radius 2 is 2.33 bits per heavy atom. The Morgan fingerprint density at radius 1 is 1.60 bits per heavy atom. The van der Waals surface area contributed by atoms with Crippen molar-refractivity contribution >= 4 is 17.8 Å². The van der Waals surface area contributed by atoms with E-state index >= 15 is 0 Å². The first kappa shape index (κ1) is 11.0. The Kier molecular flexibility index (Phi) is 3.68. The number of ether oxygens (including phenoxy) is 1. The lowest BCUT2D eigenvalue weighted by atomic mass is 10.2. The van der Waals surface area contributed by atoms with Gasteiger partial charge in [0, 0.05) is 11.3 Å². The molecule has 0 atom stereocenters. The fourth-order valence-corrected chi connectivity index (χ4v) is 1.19. The van der Waals surface area contributed by atoms with Crippen LogP contribution in [0, 0.1) is 6.92 Å². The first-order valence-electron chi connectivity index (χ1n) is 4.31. The second kappa shape index (κ2) is 4.99. The first-order valence-corrected chi connectivity index (χ1v) is 4.31. The van der Waals surface area contributed by atoms with Crippen molar-refractivity contribution < 1.29 is 14.7 Å². The highest BCUT2D eigenvalue weighted by Crippen LogP contribution is 2.24. The second-order valence-electron chi connectivity index (χ2n) is 2.87. The lowest BCUT2D eigenvalue weighted by molar-refractivity contribution is -0.110. The first-order chi connectivity index (χ1) is 7.19. The van der Waals surface area contributed by atoms with Crippen molar-refractivity contribution in [1.82, 2.24) is 0 Å². The van der Waals surface area contributed by atoms with Crippen molar-refractivity contribution in [3.63, 3.8) is 0 Å². The Hall–Kier alpha value is -2.04. The Morgan fingerprint density at radius 3 is 2.93 bits per heavy atom. The monoisotopic (exact) mass is 208 g/mol. The highest BCUT2D eigenvalue weighted by atomic mass is 16.5. The average Bonchev–Trinajstić information content (AvgIpc) is 2.21. The molecule has 1 aromatic carbocycles. The molecule has 0 heterocycles. The number of methoxy groups -OCH3 is 1. The predicted molar refractivity (Wildman–Crippen MR) is 56.6 cm³/mol. The minimum atomic E-state index is -0.492. The average molecular weight is 208 g/mol. The van der Waals surface area contributed by atoms with E-state index < -0.39 is 5.91 Å². The number of hydrogen-bond donors (Lipinski definition) is 2. The van der Waals surface area contributed by atoms with Crippen molar-refractivity contribution in [2.24, 2.45) is 5.16 Å². The van der Waals surface area contributed by atoms with E-state index in [-0.39, 0.29) is 0 Å². The van der Waals surface area contributed by atoms with Crippen molar-refractivity contribution in [2.75, 3.05) is 12.4 Å². The van der Waals surface area contributed by atoms with Gasteiger partial charge in [-0.05, 0) is 19.1 Å². The molecule has 0 saturated carbocycles. The molecule has 0 radical (unpaired) electrons. The molecule has 0 spiro atoms. The van der Waals surface area contributed by atoms with E-state index in [0.717, 1.165) is 11.8 Å². The number of hydrogen-bond acceptors (Lipinski definition) is 4. The van der Waals surface area contributed by atoms with Gasteiger partial charge in [-0.2, -0.15) is 0 Å². The SMILES string of the molecule is COc1cccc(NC(=O)C=NO)c1C. The van der Waals surface area contributed by atoms with E-state index in [1.54, 1.807) is 25.3 Å². The Bertz CT molecular complexity index is 388. The van der Waals surface area contributed by atoms with Gasteiger partial charge in [0.2, 0.25) is 0 Å². The van der Waals surface area contributed by atoms with Crippen molar-refractivity contribution in [3.05, 3.63) is 23.8 Å². The summed E-state index contributed by atoms with van der Waals surface area (Å²) in [6.07, 6.45) is 0.791. The number of carbonyl (C=O) groups excluding carboxylic acids is 1. The summed E-state index contributed by atoms with van der Waals surface area (Å²) in [6.45, 7) is 1.82. The molecule has 1 amide bonds. The van der Waals surface area contributed by atoms with Crippen LogP contribution in [0.4, 0.5) is 5.69 Å². The summed E-state index contributed by atoms with van der Waals surface area (Å²) in [7, 11) is 1.56. The normalized spacial score (nSPS) is 10.3. The molecule has 0 aliphatic heterocycles. The number of oxime groups is 1. The highest BCUT2D eigenvalue weighted by Gasteiger charge is 2.05. The van der Waals surface area contributed by atoms with Crippen LogP contribution in [0.15, 0.2) is 23.4 Å².